The number of nitrogens with zero attached hydrogens (tertiary/aromatic N) is 2. The van der Waals surface area contributed by atoms with E-state index in [0.29, 0.717) is 12.0 Å². The van der Waals surface area contributed by atoms with Crippen LogP contribution in [0.1, 0.15) is 27.9 Å². The van der Waals surface area contributed by atoms with E-state index >= 15 is 0 Å². The maximum atomic E-state index is 12.4. The summed E-state index contributed by atoms with van der Waals surface area (Å²) in [6, 6.07) is 11.0. The summed E-state index contributed by atoms with van der Waals surface area (Å²) in [6.07, 6.45) is 4.15. The molecule has 0 saturated heterocycles. The molecule has 0 N–H and O–H groups in total. The average Bonchev–Trinajstić information content (AvgIpc) is 3.04. The Morgan fingerprint density at radius 1 is 1.08 bits per heavy atom. The first-order valence-electron chi connectivity index (χ1n) is 7.58. The summed E-state index contributed by atoms with van der Waals surface area (Å²) < 4.78 is 0. The molecule has 2 heterocycles. The number of thiazole rings is 1. The number of ketones is 2. The van der Waals surface area contributed by atoms with Gasteiger partial charge in [-0.05, 0) is 24.6 Å². The molecular weight excluding hydrogens is 320 g/mol. The number of hydrogen-bond donors (Lipinski definition) is 0. The second-order valence-electron chi connectivity index (χ2n) is 5.54. The molecule has 120 valence electrons. The van der Waals surface area contributed by atoms with Crippen LogP contribution in [0.25, 0.3) is 11.3 Å². The molecule has 0 bridgehead atoms. The number of benzene rings is 1. The van der Waals surface area contributed by atoms with E-state index in [-0.39, 0.29) is 18.0 Å². The average molecular weight is 336 g/mol. The highest BCUT2D eigenvalue weighted by atomic mass is 32.1. The molecule has 0 amide bonds. The number of hydrogen-bond acceptors (Lipinski definition) is 5. The topological polar surface area (TPSA) is 59.9 Å². The Kier molecular flexibility index (Phi) is 4.91. The Morgan fingerprint density at radius 3 is 2.54 bits per heavy atom. The molecule has 24 heavy (non-hydrogen) atoms. The zero-order valence-corrected chi connectivity index (χ0v) is 14.0. The molecule has 0 atom stereocenters. The van der Waals surface area contributed by atoms with Gasteiger partial charge in [-0.25, -0.2) is 4.98 Å². The summed E-state index contributed by atoms with van der Waals surface area (Å²) in [5, 5.41) is 2.72. The summed E-state index contributed by atoms with van der Waals surface area (Å²) in [5.74, 6) is 0.135. The fraction of sp³-hybridized carbons (Fsp3) is 0.158. The fourth-order valence-electron chi connectivity index (χ4n) is 2.37. The lowest BCUT2D eigenvalue weighted by atomic mass is 10.0. The third-order valence-corrected chi connectivity index (χ3v) is 4.40. The Morgan fingerprint density at radius 2 is 1.88 bits per heavy atom. The van der Waals surface area contributed by atoms with E-state index in [0.717, 1.165) is 21.8 Å². The van der Waals surface area contributed by atoms with Gasteiger partial charge in [0.1, 0.15) is 10.8 Å². The lowest BCUT2D eigenvalue weighted by molar-refractivity contribution is -0.116. The maximum absolute atomic E-state index is 12.4. The van der Waals surface area contributed by atoms with Crippen molar-refractivity contribution in [1.82, 2.24) is 9.97 Å². The first kappa shape index (κ1) is 16.2. The van der Waals surface area contributed by atoms with Crippen LogP contribution in [0.4, 0.5) is 0 Å². The molecule has 2 aromatic heterocycles. The fourth-order valence-corrected chi connectivity index (χ4v) is 3.18. The molecule has 0 radical (unpaired) electrons. The van der Waals surface area contributed by atoms with Crippen LogP contribution in [-0.4, -0.2) is 21.5 Å². The molecule has 0 saturated carbocycles. The van der Waals surface area contributed by atoms with Crippen molar-refractivity contribution in [2.24, 2.45) is 0 Å². The first-order valence-corrected chi connectivity index (χ1v) is 8.46. The molecule has 0 spiro atoms. The van der Waals surface area contributed by atoms with Crippen LogP contribution in [0.15, 0.2) is 54.2 Å². The predicted molar refractivity (Wildman–Crippen MR) is 94.2 cm³/mol. The van der Waals surface area contributed by atoms with Crippen molar-refractivity contribution >= 4 is 22.9 Å². The Bertz CT molecular complexity index is 855. The molecule has 4 nitrogen and oxygen atoms in total. The summed E-state index contributed by atoms with van der Waals surface area (Å²) in [6.45, 7) is 1.56. The zero-order valence-electron chi connectivity index (χ0n) is 13.2. The van der Waals surface area contributed by atoms with Gasteiger partial charge in [-0.2, -0.15) is 0 Å². The molecule has 0 unspecified atom stereocenters. The van der Waals surface area contributed by atoms with Crippen molar-refractivity contribution in [3.8, 4) is 11.3 Å². The largest absolute Gasteiger partial charge is 0.300 e. The SMILES string of the molecule is CC(=O)Cc1ccc(C(=O)Cc2nc(-c3cccnc3)cs2)cc1. The molecule has 0 aliphatic rings. The number of rotatable bonds is 6. The van der Waals surface area contributed by atoms with Crippen LogP contribution in [-0.2, 0) is 17.6 Å². The highest BCUT2D eigenvalue weighted by Crippen LogP contribution is 2.22. The standard InChI is InChI=1S/C19H16N2O2S/c1-13(22)9-14-4-6-15(7-5-14)18(23)10-19-21-17(12-24-19)16-3-2-8-20-11-16/h2-8,11-12H,9-10H2,1H3. The van der Waals surface area contributed by atoms with Gasteiger partial charge in [-0.1, -0.05) is 24.3 Å². The molecule has 0 aliphatic heterocycles. The normalized spacial score (nSPS) is 10.5. The predicted octanol–water partition coefficient (Wildman–Crippen LogP) is 3.76. The number of carbonyl (C=O) groups excluding carboxylic acids is 2. The van der Waals surface area contributed by atoms with Crippen molar-refractivity contribution < 1.29 is 9.59 Å². The quantitative estimate of drug-likeness (QED) is 0.643. The van der Waals surface area contributed by atoms with Crippen LogP contribution in [0.5, 0.6) is 0 Å². The van der Waals surface area contributed by atoms with E-state index in [2.05, 4.69) is 9.97 Å². The van der Waals surface area contributed by atoms with Crippen molar-refractivity contribution in [3.63, 3.8) is 0 Å². The lowest BCUT2D eigenvalue weighted by Crippen LogP contribution is -2.04. The van der Waals surface area contributed by atoms with Crippen LogP contribution in [0.3, 0.4) is 0 Å². The van der Waals surface area contributed by atoms with E-state index in [4.69, 9.17) is 0 Å². The van der Waals surface area contributed by atoms with E-state index in [1.165, 1.54) is 11.3 Å². The van der Waals surface area contributed by atoms with Crippen LogP contribution < -0.4 is 0 Å². The number of pyridine rings is 1. The van der Waals surface area contributed by atoms with Crippen LogP contribution in [0.2, 0.25) is 0 Å². The van der Waals surface area contributed by atoms with Crippen molar-refractivity contribution in [2.75, 3.05) is 0 Å². The third kappa shape index (κ3) is 4.00. The molecule has 3 rings (SSSR count). The van der Waals surface area contributed by atoms with Gasteiger partial charge in [0.15, 0.2) is 5.78 Å². The maximum Gasteiger partial charge on any atom is 0.169 e. The monoisotopic (exact) mass is 336 g/mol. The lowest BCUT2D eigenvalue weighted by Gasteiger charge is -2.01. The Hall–Kier alpha value is -2.66. The van der Waals surface area contributed by atoms with E-state index in [1.54, 1.807) is 31.5 Å². The molecule has 3 aromatic rings. The van der Waals surface area contributed by atoms with E-state index in [9.17, 15) is 9.59 Å². The molecule has 0 aliphatic carbocycles. The highest BCUT2D eigenvalue weighted by molar-refractivity contribution is 7.10. The van der Waals surface area contributed by atoms with Gasteiger partial charge in [-0.3, -0.25) is 14.6 Å². The van der Waals surface area contributed by atoms with E-state index in [1.807, 2.05) is 29.6 Å². The van der Waals surface area contributed by atoms with Gasteiger partial charge in [0.05, 0.1) is 12.1 Å². The minimum atomic E-state index is 0.0245. The van der Waals surface area contributed by atoms with Gasteiger partial charge in [0.2, 0.25) is 0 Å². The van der Waals surface area contributed by atoms with Crippen molar-refractivity contribution in [3.05, 3.63) is 70.3 Å². The Labute approximate surface area is 144 Å². The van der Waals surface area contributed by atoms with Crippen LogP contribution in [0, 0.1) is 0 Å². The van der Waals surface area contributed by atoms with Crippen molar-refractivity contribution in [2.45, 2.75) is 19.8 Å². The number of Topliss-reactive ketones (excluding diaryl/α,β-unsaturated/α-hetero) is 2. The summed E-state index contributed by atoms with van der Waals surface area (Å²) in [4.78, 5) is 32.1. The molecule has 5 heteroatoms. The Balaban J connectivity index is 1.69. The van der Waals surface area contributed by atoms with Gasteiger partial charge < -0.3 is 0 Å². The first-order chi connectivity index (χ1) is 11.6. The van der Waals surface area contributed by atoms with Crippen molar-refractivity contribution in [1.29, 1.82) is 0 Å². The second kappa shape index (κ2) is 7.27. The summed E-state index contributed by atoms with van der Waals surface area (Å²) in [5.41, 5.74) is 3.35. The second-order valence-corrected chi connectivity index (χ2v) is 6.49. The third-order valence-electron chi connectivity index (χ3n) is 3.55. The molecule has 0 fully saturated rings. The van der Waals surface area contributed by atoms with Gasteiger partial charge >= 0.3 is 0 Å². The smallest absolute Gasteiger partial charge is 0.169 e. The molecule has 1 aromatic carbocycles. The minimum absolute atomic E-state index is 0.0245. The van der Waals surface area contributed by atoms with Gasteiger partial charge in [0, 0.05) is 35.3 Å². The summed E-state index contributed by atoms with van der Waals surface area (Å²) in [7, 11) is 0. The van der Waals surface area contributed by atoms with Crippen LogP contribution >= 0.6 is 11.3 Å². The van der Waals surface area contributed by atoms with Gasteiger partial charge in [0.25, 0.3) is 0 Å². The number of aromatic nitrogens is 2. The van der Waals surface area contributed by atoms with Gasteiger partial charge in [-0.15, -0.1) is 11.3 Å². The highest BCUT2D eigenvalue weighted by Gasteiger charge is 2.11. The number of carbonyl (C=O) groups is 2. The minimum Gasteiger partial charge on any atom is -0.300 e. The molecular formula is C19H16N2O2S. The zero-order chi connectivity index (χ0) is 16.9. The summed E-state index contributed by atoms with van der Waals surface area (Å²) >= 11 is 1.47. The van der Waals surface area contributed by atoms with E-state index < -0.39 is 0 Å².